The number of rotatable bonds is 5. The minimum atomic E-state index is 0.821. The van der Waals surface area contributed by atoms with Gasteiger partial charge in [0.05, 0.1) is 22.8 Å². The van der Waals surface area contributed by atoms with Gasteiger partial charge < -0.3 is 0 Å². The van der Waals surface area contributed by atoms with Gasteiger partial charge in [-0.2, -0.15) is 0 Å². The number of hydrogen-bond donors (Lipinski definition) is 0. The summed E-state index contributed by atoms with van der Waals surface area (Å²) in [6, 6.07) is 51.4. The molecule has 45 heavy (non-hydrogen) atoms. The first-order chi connectivity index (χ1) is 22.2. The average Bonchev–Trinajstić information content (AvgIpc) is 3.12. The van der Waals surface area contributed by atoms with Gasteiger partial charge in [-0.3, -0.25) is 9.97 Å². The van der Waals surface area contributed by atoms with Crippen LogP contribution >= 0.6 is 0 Å². The van der Waals surface area contributed by atoms with Crippen LogP contribution in [0.15, 0.2) is 158 Å². The van der Waals surface area contributed by atoms with Crippen molar-refractivity contribution in [3.05, 3.63) is 164 Å². The van der Waals surface area contributed by atoms with E-state index in [4.69, 9.17) is 4.98 Å². The summed E-state index contributed by atoms with van der Waals surface area (Å²) in [6.07, 6.45) is 3.61. The number of aryl methyl sites for hydroxylation is 1. The molecule has 3 nitrogen and oxygen atoms in total. The molecule has 0 atom stereocenters. The Labute approximate surface area is 262 Å². The van der Waals surface area contributed by atoms with Crippen LogP contribution in [0.4, 0.5) is 0 Å². The molecule has 3 heteroatoms. The number of benzene rings is 5. The van der Waals surface area contributed by atoms with E-state index in [0.29, 0.717) is 0 Å². The molecule has 0 saturated carbocycles. The van der Waals surface area contributed by atoms with Crippen LogP contribution in [-0.4, -0.2) is 15.0 Å². The van der Waals surface area contributed by atoms with Gasteiger partial charge >= 0.3 is 0 Å². The molecule has 0 radical (unpaired) electrons. The van der Waals surface area contributed by atoms with Gasteiger partial charge in [0, 0.05) is 12.4 Å². The minimum absolute atomic E-state index is 0.821. The van der Waals surface area contributed by atoms with E-state index in [9.17, 15) is 0 Å². The number of hydrogen-bond acceptors (Lipinski definition) is 3. The first-order valence-electron chi connectivity index (χ1n) is 15.2. The fourth-order valence-electron chi connectivity index (χ4n) is 6.29. The lowest BCUT2D eigenvalue weighted by atomic mass is 9.85. The van der Waals surface area contributed by atoms with Gasteiger partial charge in [-0.25, -0.2) is 4.98 Å². The normalized spacial score (nSPS) is 11.2. The highest BCUT2D eigenvalue weighted by atomic mass is 14.8. The smallest absolute Gasteiger partial charge is 0.0900 e. The molecule has 0 aliphatic carbocycles. The molecule has 0 N–H and O–H groups in total. The molecule has 8 aromatic rings. The van der Waals surface area contributed by atoms with Gasteiger partial charge in [0.15, 0.2) is 0 Å². The second kappa shape index (κ2) is 11.3. The second-order valence-corrected chi connectivity index (χ2v) is 11.3. The van der Waals surface area contributed by atoms with Crippen molar-refractivity contribution in [1.29, 1.82) is 0 Å². The predicted octanol–water partition coefficient (Wildman–Crippen LogP) is 10.8. The number of nitrogens with zero attached hydrogens (tertiary/aromatic N) is 3. The Kier molecular flexibility index (Phi) is 6.69. The molecular weight excluding hydrogens is 546 g/mol. The topological polar surface area (TPSA) is 38.7 Å². The van der Waals surface area contributed by atoms with Crippen molar-refractivity contribution in [2.75, 3.05) is 0 Å². The Bertz CT molecular complexity index is 2180. The Morgan fingerprint density at radius 2 is 0.756 bits per heavy atom. The molecule has 0 unspecified atom stereocenters. The van der Waals surface area contributed by atoms with Gasteiger partial charge in [-0.05, 0) is 98.2 Å². The summed E-state index contributed by atoms with van der Waals surface area (Å²) in [5.41, 5.74) is 11.7. The zero-order valence-electron chi connectivity index (χ0n) is 24.9. The molecular formula is C42H29N3. The largest absolute Gasteiger partial charge is 0.255 e. The third-order valence-electron chi connectivity index (χ3n) is 8.46. The van der Waals surface area contributed by atoms with Crippen LogP contribution < -0.4 is 0 Å². The highest BCUT2D eigenvalue weighted by Gasteiger charge is 2.17. The third kappa shape index (κ3) is 4.95. The zero-order chi connectivity index (χ0) is 30.2. The summed E-state index contributed by atoms with van der Waals surface area (Å²) >= 11 is 0. The summed E-state index contributed by atoms with van der Waals surface area (Å²) in [5, 5.41) is 5.01. The monoisotopic (exact) mass is 575 g/mol. The van der Waals surface area contributed by atoms with Gasteiger partial charge in [0.1, 0.15) is 0 Å². The highest BCUT2D eigenvalue weighted by molar-refractivity contribution is 6.21. The van der Waals surface area contributed by atoms with Crippen LogP contribution in [0.25, 0.3) is 77.7 Å². The van der Waals surface area contributed by atoms with Gasteiger partial charge in [-0.15, -0.1) is 0 Å². The zero-order valence-corrected chi connectivity index (χ0v) is 24.9. The molecule has 0 aliphatic rings. The van der Waals surface area contributed by atoms with Crippen LogP contribution in [-0.2, 0) is 0 Å². The summed E-state index contributed by atoms with van der Waals surface area (Å²) in [7, 11) is 0. The number of fused-ring (bicyclic) bond motifs is 2. The summed E-state index contributed by atoms with van der Waals surface area (Å²) in [5.74, 6) is 0. The van der Waals surface area contributed by atoms with Crippen LogP contribution in [0.5, 0.6) is 0 Å². The van der Waals surface area contributed by atoms with E-state index in [1.54, 1.807) is 12.4 Å². The maximum atomic E-state index is 4.95. The van der Waals surface area contributed by atoms with Crippen LogP contribution in [0.1, 0.15) is 5.56 Å². The molecule has 212 valence electrons. The highest BCUT2D eigenvalue weighted by Crippen LogP contribution is 2.44. The standard InChI is InChI=1S/C42H29N3/c1-28-16-18-30(19-17-28)41-33-10-2-4-12-35(33)42(36-13-5-3-11-34(36)41)31-22-20-29(21-23-31)32-26-39(37-14-6-8-24-43-37)45-40(27-32)38-15-7-9-25-44-38/h2-27H,1H3. The lowest BCUT2D eigenvalue weighted by Gasteiger charge is -2.18. The molecule has 0 amide bonds. The lowest BCUT2D eigenvalue weighted by Crippen LogP contribution is -1.94. The molecule has 0 fully saturated rings. The van der Waals surface area contributed by atoms with Crippen molar-refractivity contribution in [2.24, 2.45) is 0 Å². The maximum Gasteiger partial charge on any atom is 0.0900 e. The van der Waals surface area contributed by atoms with Crippen molar-refractivity contribution in [1.82, 2.24) is 15.0 Å². The number of aromatic nitrogens is 3. The van der Waals surface area contributed by atoms with E-state index in [2.05, 4.69) is 126 Å². The quantitative estimate of drug-likeness (QED) is 0.192. The Morgan fingerprint density at radius 1 is 0.356 bits per heavy atom. The second-order valence-electron chi connectivity index (χ2n) is 11.3. The SMILES string of the molecule is Cc1ccc(-c2c3ccccc3c(-c3ccc(-c4cc(-c5ccccn5)nc(-c5ccccn5)c4)cc3)c3ccccc23)cc1. The molecule has 0 spiro atoms. The van der Waals surface area contributed by atoms with Crippen molar-refractivity contribution in [2.45, 2.75) is 6.92 Å². The van der Waals surface area contributed by atoms with E-state index in [-0.39, 0.29) is 0 Å². The van der Waals surface area contributed by atoms with Crippen LogP contribution in [0.3, 0.4) is 0 Å². The van der Waals surface area contributed by atoms with Gasteiger partial charge in [0.2, 0.25) is 0 Å². The maximum absolute atomic E-state index is 4.95. The fourth-order valence-corrected chi connectivity index (χ4v) is 6.29. The Balaban J connectivity index is 1.29. The third-order valence-corrected chi connectivity index (χ3v) is 8.46. The van der Waals surface area contributed by atoms with E-state index >= 15 is 0 Å². The van der Waals surface area contributed by atoms with E-state index in [1.165, 1.54) is 49.4 Å². The van der Waals surface area contributed by atoms with Crippen molar-refractivity contribution in [3.8, 4) is 56.2 Å². The first kappa shape index (κ1) is 26.7. The molecule has 0 bridgehead atoms. The lowest BCUT2D eigenvalue weighted by molar-refractivity contribution is 1.22. The first-order valence-corrected chi connectivity index (χ1v) is 15.2. The van der Waals surface area contributed by atoms with Gasteiger partial charge in [0.25, 0.3) is 0 Å². The Hall–Kier alpha value is -5.93. The van der Waals surface area contributed by atoms with Crippen LogP contribution in [0.2, 0.25) is 0 Å². The van der Waals surface area contributed by atoms with Crippen LogP contribution in [0, 0.1) is 6.92 Å². The summed E-state index contributed by atoms with van der Waals surface area (Å²) in [4.78, 5) is 14.1. The van der Waals surface area contributed by atoms with Gasteiger partial charge in [-0.1, -0.05) is 115 Å². The fraction of sp³-hybridized carbons (Fsp3) is 0.0238. The predicted molar refractivity (Wildman–Crippen MR) is 187 cm³/mol. The summed E-state index contributed by atoms with van der Waals surface area (Å²) in [6.45, 7) is 2.14. The average molecular weight is 576 g/mol. The van der Waals surface area contributed by atoms with E-state index in [0.717, 1.165) is 33.9 Å². The van der Waals surface area contributed by atoms with Crippen molar-refractivity contribution < 1.29 is 0 Å². The molecule has 8 rings (SSSR count). The molecule has 3 aromatic heterocycles. The molecule has 0 aliphatic heterocycles. The van der Waals surface area contributed by atoms with Crippen molar-refractivity contribution in [3.63, 3.8) is 0 Å². The molecule has 5 aromatic carbocycles. The van der Waals surface area contributed by atoms with E-state index in [1.807, 2.05) is 36.4 Å². The molecule has 3 heterocycles. The molecule has 0 saturated heterocycles. The van der Waals surface area contributed by atoms with E-state index < -0.39 is 0 Å². The number of pyridine rings is 3. The minimum Gasteiger partial charge on any atom is -0.255 e. The van der Waals surface area contributed by atoms with Crippen molar-refractivity contribution >= 4 is 21.5 Å². The summed E-state index contributed by atoms with van der Waals surface area (Å²) < 4.78 is 0. The Morgan fingerprint density at radius 3 is 1.18 bits per heavy atom.